The average Bonchev–Trinajstić information content (AvgIpc) is 2.21. The second kappa shape index (κ2) is 11.5. The quantitative estimate of drug-likeness (QED) is 0.296. The van der Waals surface area contributed by atoms with Gasteiger partial charge in [0.15, 0.2) is 0 Å². The van der Waals surface area contributed by atoms with E-state index in [9.17, 15) is 4.57 Å². The van der Waals surface area contributed by atoms with Gasteiger partial charge < -0.3 is 0 Å². The van der Waals surface area contributed by atoms with Crippen molar-refractivity contribution in [2.45, 2.75) is 13.8 Å². The largest absolute Gasteiger partial charge is 0.697 e. The predicted octanol–water partition coefficient (Wildman–Crippen LogP) is 4.79. The Balaban J connectivity index is 3.65. The molecule has 0 aromatic carbocycles. The van der Waals surface area contributed by atoms with Gasteiger partial charge in [0.2, 0.25) is 0 Å². The molecule has 2 unspecified atom stereocenters. The summed E-state index contributed by atoms with van der Waals surface area (Å²) in [5, 5.41) is 0. The molecule has 0 radical (unpaired) electrons. The van der Waals surface area contributed by atoms with Crippen LogP contribution in [0.2, 0.25) is 0 Å². The number of nitrogens with zero attached hydrogens (tertiary/aromatic N) is 2. The molecule has 0 aromatic rings. The molecule has 0 aromatic heterocycles. The molecule has 0 aliphatic carbocycles. The van der Waals surface area contributed by atoms with E-state index in [1.165, 1.54) is 0 Å². The molecular weight excluding hydrogens is 523 g/mol. The van der Waals surface area contributed by atoms with Gasteiger partial charge in [0, 0.05) is 82.2 Å². The van der Waals surface area contributed by atoms with E-state index in [0.717, 1.165) is 13.1 Å². The van der Waals surface area contributed by atoms with E-state index in [1.54, 1.807) is 5.90 Å². The van der Waals surface area contributed by atoms with Crippen molar-refractivity contribution in [3.05, 3.63) is 0 Å². The fourth-order valence-corrected chi connectivity index (χ4v) is 3.79. The van der Waals surface area contributed by atoms with Gasteiger partial charge in [0.05, 0.1) is 0 Å². The maximum absolute atomic E-state index is 11.5. The minimum absolute atomic E-state index is 0.240. The van der Waals surface area contributed by atoms with E-state index >= 15 is 0 Å². The van der Waals surface area contributed by atoms with Crippen LogP contribution in [-0.4, -0.2) is 32.2 Å². The Morgan fingerprint density at radius 2 is 1.28 bits per heavy atom. The highest BCUT2D eigenvalue weighted by Gasteiger charge is 2.23. The first kappa shape index (κ1) is 19.9. The van der Waals surface area contributed by atoms with Crippen LogP contribution in [-0.2, 0) is 13.6 Å². The molecule has 0 heterocycles. The minimum Gasteiger partial charge on any atom is -0.177 e. The molecule has 108 valence electrons. The summed E-state index contributed by atoms with van der Waals surface area (Å²) < 4.78 is 25.1. The molecule has 10 heteroatoms. The topological polar surface area (TPSA) is 42.0 Å². The summed E-state index contributed by atoms with van der Waals surface area (Å²) in [6.45, 7) is 6.24. The van der Waals surface area contributed by atoms with Crippen LogP contribution >= 0.6 is 72.8 Å². The van der Waals surface area contributed by atoms with E-state index < -0.39 is 8.25 Å². The molecule has 0 N–H and O–H groups in total. The van der Waals surface area contributed by atoms with Crippen molar-refractivity contribution >= 4 is 72.8 Å². The van der Waals surface area contributed by atoms with Gasteiger partial charge >= 0.3 is 8.25 Å². The van der Waals surface area contributed by atoms with Crippen LogP contribution < -0.4 is 0 Å². The van der Waals surface area contributed by atoms with Gasteiger partial charge in [-0.05, 0) is 11.8 Å². The molecule has 0 aliphatic heterocycles. The van der Waals surface area contributed by atoms with Crippen LogP contribution in [0, 0.1) is 11.8 Å². The number of halogens is 4. The van der Waals surface area contributed by atoms with Crippen molar-refractivity contribution in [1.29, 1.82) is 0 Å². The first-order chi connectivity index (χ1) is 8.31. The second-order valence-corrected chi connectivity index (χ2v) is 10.3. The Morgan fingerprint density at radius 1 is 0.944 bits per heavy atom. The fourth-order valence-electron chi connectivity index (χ4n) is 0.990. The molecule has 0 spiro atoms. The van der Waals surface area contributed by atoms with Gasteiger partial charge in [-0.15, -0.1) is 9.05 Å². The molecule has 0 aliphatic rings. The highest BCUT2D eigenvalue weighted by atomic mass is 79.9. The van der Waals surface area contributed by atoms with Crippen LogP contribution in [0.3, 0.4) is 0 Å². The SMILES string of the molecule is CC(CO[P+](=O)OCC(C)CN(Br)Br)CN(Br)Br. The monoisotopic (exact) mass is 535 g/mol. The molecule has 0 amide bonds. The van der Waals surface area contributed by atoms with E-state index in [4.69, 9.17) is 9.05 Å². The number of hydrogen-bond acceptors (Lipinski definition) is 5. The summed E-state index contributed by atoms with van der Waals surface area (Å²) >= 11 is 12.9. The molecule has 5 nitrogen and oxygen atoms in total. The van der Waals surface area contributed by atoms with Crippen molar-refractivity contribution in [2.24, 2.45) is 11.8 Å². The molecule has 0 bridgehead atoms. The van der Waals surface area contributed by atoms with Crippen molar-refractivity contribution in [1.82, 2.24) is 5.90 Å². The van der Waals surface area contributed by atoms with E-state index in [2.05, 4.69) is 64.6 Å². The van der Waals surface area contributed by atoms with Gasteiger partial charge in [-0.3, -0.25) is 0 Å². The lowest BCUT2D eigenvalue weighted by molar-refractivity contribution is 0.182. The first-order valence-electron chi connectivity index (χ1n) is 5.22. The summed E-state index contributed by atoms with van der Waals surface area (Å²) in [5.41, 5.74) is 0. The summed E-state index contributed by atoms with van der Waals surface area (Å²) in [6, 6.07) is 0. The standard InChI is InChI=1S/C8H16Br4N2O3P/c1-7(3-13(9)10)5-16-18(15)17-6-8(2)4-14(11)12/h7-8H,3-6H2,1-2H3/q+1. The highest BCUT2D eigenvalue weighted by Crippen LogP contribution is 2.26. The van der Waals surface area contributed by atoms with Gasteiger partial charge in [-0.25, -0.2) is 0 Å². The van der Waals surface area contributed by atoms with Crippen LogP contribution in [0.4, 0.5) is 0 Å². The number of rotatable bonds is 10. The molecule has 18 heavy (non-hydrogen) atoms. The van der Waals surface area contributed by atoms with Crippen molar-refractivity contribution < 1.29 is 13.6 Å². The van der Waals surface area contributed by atoms with Gasteiger partial charge in [0.1, 0.15) is 13.2 Å². The zero-order valence-corrected chi connectivity index (χ0v) is 17.3. The summed E-state index contributed by atoms with van der Waals surface area (Å²) in [6.07, 6.45) is 0. The summed E-state index contributed by atoms with van der Waals surface area (Å²) in [4.78, 5) is 0. The van der Waals surface area contributed by atoms with E-state index in [0.29, 0.717) is 13.2 Å². The second-order valence-electron chi connectivity index (χ2n) is 4.00. The third kappa shape index (κ3) is 12.9. The van der Waals surface area contributed by atoms with Crippen LogP contribution in [0.5, 0.6) is 0 Å². The maximum atomic E-state index is 11.5. The maximum Gasteiger partial charge on any atom is 0.697 e. The van der Waals surface area contributed by atoms with E-state index in [1.807, 2.05) is 13.8 Å². The third-order valence-corrected chi connectivity index (χ3v) is 3.71. The zero-order valence-electron chi connectivity index (χ0n) is 10.1. The molecule has 2 atom stereocenters. The normalized spacial score (nSPS) is 16.1. The Hall–Kier alpha value is 1.86. The van der Waals surface area contributed by atoms with Crippen LogP contribution in [0.1, 0.15) is 13.8 Å². The molecular formula is C8H16Br4N2O3P+. The minimum atomic E-state index is -2.04. The Kier molecular flexibility index (Phi) is 12.7. The lowest BCUT2D eigenvalue weighted by Gasteiger charge is -2.10. The third-order valence-electron chi connectivity index (χ3n) is 1.83. The summed E-state index contributed by atoms with van der Waals surface area (Å²) in [7, 11) is -2.04. The lowest BCUT2D eigenvalue weighted by atomic mass is 10.2. The Labute approximate surface area is 143 Å². The molecule has 0 saturated carbocycles. The average molecular weight is 539 g/mol. The summed E-state index contributed by atoms with van der Waals surface area (Å²) in [5.74, 6) is 0.480. The number of hydrogen-bond donors (Lipinski definition) is 0. The lowest BCUT2D eigenvalue weighted by Crippen LogP contribution is -2.16. The Bertz CT molecular complexity index is 226. The highest BCUT2D eigenvalue weighted by molar-refractivity contribution is 9.21. The first-order valence-corrected chi connectivity index (χ1v) is 9.15. The van der Waals surface area contributed by atoms with Gasteiger partial charge in [-0.2, -0.15) is 5.90 Å². The predicted molar refractivity (Wildman–Crippen MR) is 87.0 cm³/mol. The van der Waals surface area contributed by atoms with Gasteiger partial charge in [-0.1, -0.05) is 13.8 Å². The molecule has 0 rings (SSSR count). The van der Waals surface area contributed by atoms with Crippen molar-refractivity contribution in [2.75, 3.05) is 26.3 Å². The van der Waals surface area contributed by atoms with Crippen molar-refractivity contribution in [3.8, 4) is 0 Å². The van der Waals surface area contributed by atoms with Crippen molar-refractivity contribution in [3.63, 3.8) is 0 Å². The molecule has 0 saturated heterocycles. The van der Waals surface area contributed by atoms with Crippen LogP contribution in [0.15, 0.2) is 0 Å². The smallest absolute Gasteiger partial charge is 0.177 e. The van der Waals surface area contributed by atoms with Gasteiger partial charge in [0.25, 0.3) is 0 Å². The van der Waals surface area contributed by atoms with E-state index in [-0.39, 0.29) is 11.8 Å². The van der Waals surface area contributed by atoms with Crippen LogP contribution in [0.25, 0.3) is 0 Å². The zero-order chi connectivity index (χ0) is 14.1. The fraction of sp³-hybridized carbons (Fsp3) is 1.00. The Morgan fingerprint density at radius 3 is 1.56 bits per heavy atom. The molecule has 0 fully saturated rings.